The van der Waals surface area contributed by atoms with Gasteiger partial charge in [-0.1, -0.05) is 15.9 Å². The van der Waals surface area contributed by atoms with Crippen molar-refractivity contribution >= 4 is 28.0 Å². The first-order valence-corrected chi connectivity index (χ1v) is 7.67. The molecule has 0 aliphatic rings. The quantitative estimate of drug-likeness (QED) is 0.318. The van der Waals surface area contributed by atoms with Crippen molar-refractivity contribution in [3.8, 4) is 11.8 Å². The molecule has 1 aromatic carbocycles. The van der Waals surface area contributed by atoms with Gasteiger partial charge >= 0.3 is 5.97 Å². The maximum atomic E-state index is 11.7. The monoisotopic (exact) mass is 367 g/mol. The number of esters is 1. The topological polar surface area (TPSA) is 68.6 Å². The molecule has 0 saturated heterocycles. The number of carbonyl (C=O) groups is 1. The van der Waals surface area contributed by atoms with Crippen LogP contribution in [0, 0.1) is 11.3 Å². The summed E-state index contributed by atoms with van der Waals surface area (Å²) in [5, 5.41) is 9.11. The highest BCUT2D eigenvalue weighted by molar-refractivity contribution is 9.10. The molecule has 118 valence electrons. The van der Waals surface area contributed by atoms with E-state index in [9.17, 15) is 4.79 Å². The average Bonchev–Trinajstić information content (AvgIpc) is 2.47. The second-order valence-corrected chi connectivity index (χ2v) is 5.13. The zero-order chi connectivity index (χ0) is 16.5. The Balaban J connectivity index is 3.13. The fraction of sp³-hybridized carbons (Fsp3) is 0.375. The SMILES string of the molecule is CCOC(=O)/C(C#N)=C/c1cc(Br)ccc1OC(C)OCC. The predicted molar refractivity (Wildman–Crippen MR) is 86.1 cm³/mol. The third-order valence-electron chi connectivity index (χ3n) is 2.58. The molecular weight excluding hydrogens is 350 g/mol. The van der Waals surface area contributed by atoms with E-state index in [0.717, 1.165) is 4.47 Å². The van der Waals surface area contributed by atoms with Gasteiger partial charge in [-0.2, -0.15) is 5.26 Å². The Morgan fingerprint density at radius 1 is 1.41 bits per heavy atom. The van der Waals surface area contributed by atoms with Gasteiger partial charge in [-0.3, -0.25) is 0 Å². The van der Waals surface area contributed by atoms with Gasteiger partial charge in [0.1, 0.15) is 17.4 Å². The minimum atomic E-state index is -0.659. The lowest BCUT2D eigenvalue weighted by atomic mass is 10.1. The number of ether oxygens (including phenoxy) is 3. The van der Waals surface area contributed by atoms with Crippen LogP contribution in [0.4, 0.5) is 0 Å². The third kappa shape index (κ3) is 5.51. The second-order valence-electron chi connectivity index (χ2n) is 4.21. The van der Waals surface area contributed by atoms with E-state index >= 15 is 0 Å². The van der Waals surface area contributed by atoms with Gasteiger partial charge in [-0.05, 0) is 45.0 Å². The average molecular weight is 368 g/mol. The molecule has 0 saturated carbocycles. The molecular formula is C16H18BrNO4. The molecule has 1 unspecified atom stereocenters. The lowest BCUT2D eigenvalue weighted by Gasteiger charge is -2.16. The zero-order valence-electron chi connectivity index (χ0n) is 12.8. The lowest BCUT2D eigenvalue weighted by Crippen LogP contribution is -2.16. The number of benzene rings is 1. The van der Waals surface area contributed by atoms with Crippen LogP contribution >= 0.6 is 15.9 Å². The number of carbonyl (C=O) groups excluding carboxylic acids is 1. The van der Waals surface area contributed by atoms with Crippen molar-refractivity contribution in [2.45, 2.75) is 27.1 Å². The number of halogens is 1. The van der Waals surface area contributed by atoms with Gasteiger partial charge in [0.05, 0.1) is 6.61 Å². The maximum absolute atomic E-state index is 11.7. The van der Waals surface area contributed by atoms with Crippen molar-refractivity contribution < 1.29 is 19.0 Å². The Morgan fingerprint density at radius 3 is 2.73 bits per heavy atom. The fourth-order valence-electron chi connectivity index (χ4n) is 1.69. The van der Waals surface area contributed by atoms with E-state index < -0.39 is 12.3 Å². The second kappa shape index (κ2) is 9.23. The van der Waals surface area contributed by atoms with Crippen molar-refractivity contribution in [1.29, 1.82) is 5.26 Å². The standard InChI is InChI=1S/C16H18BrNO4/c1-4-20-11(3)22-15-7-6-14(17)9-12(15)8-13(10-18)16(19)21-5-2/h6-9,11H,4-5H2,1-3H3/b13-8+. The molecule has 5 nitrogen and oxygen atoms in total. The first kappa shape index (κ1) is 18.2. The largest absolute Gasteiger partial charge is 0.465 e. The molecule has 0 aliphatic carbocycles. The first-order chi connectivity index (χ1) is 10.5. The summed E-state index contributed by atoms with van der Waals surface area (Å²) in [4.78, 5) is 11.7. The van der Waals surface area contributed by atoms with Crippen LogP contribution in [0.3, 0.4) is 0 Å². The molecule has 0 bridgehead atoms. The van der Waals surface area contributed by atoms with Crippen molar-refractivity contribution in [2.24, 2.45) is 0 Å². The van der Waals surface area contributed by atoms with Crippen molar-refractivity contribution in [2.75, 3.05) is 13.2 Å². The fourth-order valence-corrected chi connectivity index (χ4v) is 2.07. The summed E-state index contributed by atoms with van der Waals surface area (Å²) >= 11 is 3.36. The Kier molecular flexibility index (Phi) is 7.64. The van der Waals surface area contributed by atoms with E-state index in [-0.39, 0.29) is 12.2 Å². The molecule has 6 heteroatoms. The van der Waals surface area contributed by atoms with Crippen LogP contribution in [0.15, 0.2) is 28.2 Å². The van der Waals surface area contributed by atoms with Crippen molar-refractivity contribution in [3.63, 3.8) is 0 Å². The molecule has 0 aromatic heterocycles. The van der Waals surface area contributed by atoms with Gasteiger partial charge in [-0.25, -0.2) is 4.79 Å². The summed E-state index contributed by atoms with van der Waals surface area (Å²) in [7, 11) is 0. The van der Waals surface area contributed by atoms with Crippen LogP contribution in [0.1, 0.15) is 26.3 Å². The summed E-state index contributed by atoms with van der Waals surface area (Å²) in [6.45, 7) is 6.06. The first-order valence-electron chi connectivity index (χ1n) is 6.88. The van der Waals surface area contributed by atoms with E-state index in [1.54, 1.807) is 26.0 Å². The van der Waals surface area contributed by atoms with Crippen LogP contribution in [0.25, 0.3) is 6.08 Å². The van der Waals surface area contributed by atoms with Gasteiger partial charge in [0.25, 0.3) is 0 Å². The van der Waals surface area contributed by atoms with Crippen molar-refractivity contribution in [3.05, 3.63) is 33.8 Å². The number of hydrogen-bond donors (Lipinski definition) is 0. The van der Waals surface area contributed by atoms with Gasteiger partial charge in [-0.15, -0.1) is 0 Å². The highest BCUT2D eigenvalue weighted by Crippen LogP contribution is 2.26. The van der Waals surface area contributed by atoms with Crippen molar-refractivity contribution in [1.82, 2.24) is 0 Å². The Bertz CT molecular complexity index is 592. The Morgan fingerprint density at radius 2 is 2.14 bits per heavy atom. The Hall–Kier alpha value is -1.84. The molecule has 0 spiro atoms. The van der Waals surface area contributed by atoms with E-state index in [1.807, 2.05) is 19.1 Å². The highest BCUT2D eigenvalue weighted by Gasteiger charge is 2.13. The van der Waals surface area contributed by atoms with Gasteiger partial charge in [0, 0.05) is 16.6 Å². The minimum absolute atomic E-state index is 0.0890. The molecule has 0 amide bonds. The summed E-state index contributed by atoms with van der Waals surface area (Å²) in [6, 6.07) is 7.15. The third-order valence-corrected chi connectivity index (χ3v) is 3.08. The molecule has 0 N–H and O–H groups in total. The number of nitrogens with zero attached hydrogens (tertiary/aromatic N) is 1. The predicted octanol–water partition coefficient (Wildman–Crippen LogP) is 3.68. The molecule has 22 heavy (non-hydrogen) atoms. The van der Waals surface area contributed by atoms with Crippen LogP contribution in [0.2, 0.25) is 0 Å². The molecule has 0 radical (unpaired) electrons. The van der Waals surface area contributed by atoms with Crippen LogP contribution in [-0.2, 0) is 14.3 Å². The molecule has 1 atom stereocenters. The highest BCUT2D eigenvalue weighted by atomic mass is 79.9. The van der Waals surface area contributed by atoms with E-state index in [1.165, 1.54) is 6.08 Å². The Labute approximate surface area is 138 Å². The van der Waals surface area contributed by atoms with Crippen LogP contribution in [-0.4, -0.2) is 25.5 Å². The van der Waals surface area contributed by atoms with E-state index in [4.69, 9.17) is 19.5 Å². The molecule has 0 heterocycles. The molecule has 0 fully saturated rings. The van der Waals surface area contributed by atoms with Gasteiger partial charge in [0.15, 0.2) is 6.29 Å². The molecule has 1 aromatic rings. The lowest BCUT2D eigenvalue weighted by molar-refractivity contribution is -0.137. The number of rotatable bonds is 7. The van der Waals surface area contributed by atoms with Crippen LogP contribution in [0.5, 0.6) is 5.75 Å². The molecule has 1 rings (SSSR count). The number of hydrogen-bond acceptors (Lipinski definition) is 5. The summed E-state index contributed by atoms with van der Waals surface area (Å²) < 4.78 is 16.7. The van der Waals surface area contributed by atoms with Crippen LogP contribution < -0.4 is 4.74 Å². The van der Waals surface area contributed by atoms with Gasteiger partial charge < -0.3 is 14.2 Å². The van der Waals surface area contributed by atoms with E-state index in [2.05, 4.69) is 15.9 Å². The summed E-state index contributed by atoms with van der Waals surface area (Å²) in [6.07, 6.45) is 1.00. The summed E-state index contributed by atoms with van der Waals surface area (Å²) in [5.74, 6) is -0.144. The van der Waals surface area contributed by atoms with E-state index in [0.29, 0.717) is 17.9 Å². The molecule has 0 aliphatic heterocycles. The summed E-state index contributed by atoms with van der Waals surface area (Å²) in [5.41, 5.74) is 0.499. The maximum Gasteiger partial charge on any atom is 0.348 e. The zero-order valence-corrected chi connectivity index (χ0v) is 14.3. The smallest absolute Gasteiger partial charge is 0.348 e. The van der Waals surface area contributed by atoms with Gasteiger partial charge in [0.2, 0.25) is 0 Å². The minimum Gasteiger partial charge on any atom is -0.465 e. The normalized spacial score (nSPS) is 12.4. The number of nitriles is 1.